The van der Waals surface area contributed by atoms with Crippen molar-refractivity contribution in [3.05, 3.63) is 18.1 Å². The normalized spacial score (nSPS) is 12.1. The molecule has 1 heterocycles. The molecule has 5 nitrogen and oxygen atoms in total. The molecule has 14 heavy (non-hydrogen) atoms. The van der Waals surface area contributed by atoms with E-state index in [2.05, 4.69) is 9.97 Å². The number of hydrogen-bond donors (Lipinski definition) is 0. The van der Waals surface area contributed by atoms with Gasteiger partial charge in [-0.2, -0.15) is 0 Å². The van der Waals surface area contributed by atoms with Crippen LogP contribution in [0.25, 0.3) is 0 Å². The summed E-state index contributed by atoms with van der Waals surface area (Å²) in [4.78, 5) is 18.3. The zero-order valence-electron chi connectivity index (χ0n) is 8.06. The first-order chi connectivity index (χ1) is 6.65. The summed E-state index contributed by atoms with van der Waals surface area (Å²) in [6, 6.07) is 0. The van der Waals surface area contributed by atoms with Crippen LogP contribution in [0.3, 0.4) is 0 Å². The third-order valence-corrected chi connectivity index (χ3v) is 1.74. The molecule has 0 saturated carbocycles. The third-order valence-electron chi connectivity index (χ3n) is 1.74. The van der Waals surface area contributed by atoms with Gasteiger partial charge in [-0.15, -0.1) is 0 Å². The highest BCUT2D eigenvalue weighted by molar-refractivity contribution is 5.89. The molecule has 0 N–H and O–H groups in total. The van der Waals surface area contributed by atoms with Crippen LogP contribution in [0.1, 0.15) is 30.8 Å². The average molecular weight is 195 g/mol. The molecule has 1 radical (unpaired) electrons. The molecule has 0 aromatic carbocycles. The SMILES string of the molecule is CCC(C)OC(=O)c1nccnc1[O]. The predicted octanol–water partition coefficient (Wildman–Crippen LogP) is 1.58. The number of rotatable bonds is 3. The number of carbonyl (C=O) groups is 1. The van der Waals surface area contributed by atoms with Gasteiger partial charge in [0.15, 0.2) is 0 Å². The van der Waals surface area contributed by atoms with Crippen LogP contribution < -0.4 is 0 Å². The number of aromatic nitrogens is 2. The summed E-state index contributed by atoms with van der Waals surface area (Å²) in [5.41, 5.74) is -0.257. The monoisotopic (exact) mass is 195 g/mol. The van der Waals surface area contributed by atoms with Crippen molar-refractivity contribution in [2.45, 2.75) is 26.4 Å². The number of hydrogen-bond acceptors (Lipinski definition) is 4. The number of esters is 1. The minimum absolute atomic E-state index is 0.219. The molecule has 1 aromatic rings. The molecular weight excluding hydrogens is 184 g/mol. The maximum absolute atomic E-state index is 11.3. The highest BCUT2D eigenvalue weighted by Crippen LogP contribution is 2.12. The van der Waals surface area contributed by atoms with Crippen molar-refractivity contribution in [1.82, 2.24) is 9.97 Å². The van der Waals surface area contributed by atoms with Gasteiger partial charge in [0.2, 0.25) is 5.69 Å². The summed E-state index contributed by atoms with van der Waals surface area (Å²) in [5, 5.41) is 11.1. The van der Waals surface area contributed by atoms with E-state index in [0.717, 1.165) is 0 Å². The van der Waals surface area contributed by atoms with Gasteiger partial charge in [0.25, 0.3) is 0 Å². The zero-order valence-corrected chi connectivity index (χ0v) is 8.06. The summed E-state index contributed by atoms with van der Waals surface area (Å²) in [6.45, 7) is 3.63. The standard InChI is InChI=1S/C9H11N2O3/c1-3-6(2)14-9(13)7-8(12)11-5-4-10-7/h4-6H,3H2,1-2H3. The van der Waals surface area contributed by atoms with Crippen molar-refractivity contribution in [2.75, 3.05) is 0 Å². The van der Waals surface area contributed by atoms with Gasteiger partial charge in [0, 0.05) is 12.4 Å². The molecule has 0 aliphatic carbocycles. The van der Waals surface area contributed by atoms with Crippen molar-refractivity contribution in [2.24, 2.45) is 0 Å². The molecular formula is C9H11N2O3. The number of ether oxygens (including phenoxy) is 1. The Morgan fingerprint density at radius 2 is 2.14 bits per heavy atom. The zero-order chi connectivity index (χ0) is 10.6. The first kappa shape index (κ1) is 10.4. The van der Waals surface area contributed by atoms with Gasteiger partial charge in [-0.05, 0) is 13.3 Å². The summed E-state index contributed by atoms with van der Waals surface area (Å²) < 4.78 is 4.92. The van der Waals surface area contributed by atoms with Gasteiger partial charge in [0.1, 0.15) is 0 Å². The van der Waals surface area contributed by atoms with E-state index >= 15 is 0 Å². The van der Waals surface area contributed by atoms with Crippen molar-refractivity contribution >= 4 is 5.97 Å². The largest absolute Gasteiger partial charge is 0.458 e. The molecule has 1 rings (SSSR count). The van der Waals surface area contributed by atoms with Gasteiger partial charge in [0.05, 0.1) is 6.10 Å². The minimum Gasteiger partial charge on any atom is -0.458 e. The van der Waals surface area contributed by atoms with Gasteiger partial charge in [-0.25, -0.2) is 14.8 Å². The second kappa shape index (κ2) is 4.55. The molecule has 0 aliphatic rings. The Bertz CT molecular complexity index is 328. The molecule has 0 fully saturated rings. The second-order valence-corrected chi connectivity index (χ2v) is 2.83. The topological polar surface area (TPSA) is 72.0 Å². The van der Waals surface area contributed by atoms with E-state index < -0.39 is 11.8 Å². The molecule has 75 valence electrons. The van der Waals surface area contributed by atoms with Crippen molar-refractivity contribution < 1.29 is 14.6 Å². The molecule has 5 heteroatoms. The minimum atomic E-state index is -0.711. The molecule has 0 spiro atoms. The lowest BCUT2D eigenvalue weighted by molar-refractivity contribution is 0.0320. The fraction of sp³-hybridized carbons (Fsp3) is 0.444. The maximum atomic E-state index is 11.3. The fourth-order valence-corrected chi connectivity index (χ4v) is 0.787. The molecule has 1 aromatic heterocycles. The van der Waals surface area contributed by atoms with Gasteiger partial charge < -0.3 is 4.74 Å². The Morgan fingerprint density at radius 3 is 2.71 bits per heavy atom. The Kier molecular flexibility index (Phi) is 3.39. The van der Waals surface area contributed by atoms with Crippen molar-refractivity contribution in [3.63, 3.8) is 0 Å². The van der Waals surface area contributed by atoms with Crippen molar-refractivity contribution in [3.8, 4) is 5.88 Å². The molecule has 0 bridgehead atoms. The lowest BCUT2D eigenvalue weighted by Gasteiger charge is -2.09. The third kappa shape index (κ3) is 2.42. The van der Waals surface area contributed by atoms with Crippen LogP contribution in [-0.2, 0) is 9.84 Å². The van der Waals surface area contributed by atoms with E-state index in [4.69, 9.17) is 4.74 Å². The van der Waals surface area contributed by atoms with Crippen LogP contribution in [0.15, 0.2) is 12.4 Å². The molecule has 0 amide bonds. The molecule has 1 unspecified atom stereocenters. The predicted molar refractivity (Wildman–Crippen MR) is 47.3 cm³/mol. The summed E-state index contributed by atoms with van der Waals surface area (Å²) in [5.74, 6) is -1.36. The lowest BCUT2D eigenvalue weighted by Crippen LogP contribution is -2.15. The fourth-order valence-electron chi connectivity index (χ4n) is 0.787. The number of carbonyl (C=O) groups excluding carboxylic acids is 1. The van der Waals surface area contributed by atoms with Crippen LogP contribution in [0, 0.1) is 0 Å². The Morgan fingerprint density at radius 1 is 1.50 bits per heavy atom. The van der Waals surface area contributed by atoms with Gasteiger partial charge in [-0.1, -0.05) is 6.92 Å². The van der Waals surface area contributed by atoms with Gasteiger partial charge in [-0.3, -0.25) is 5.11 Å². The Balaban J connectivity index is 2.75. The average Bonchev–Trinajstić information content (AvgIpc) is 2.18. The van der Waals surface area contributed by atoms with E-state index in [-0.39, 0.29) is 11.8 Å². The summed E-state index contributed by atoms with van der Waals surface area (Å²) >= 11 is 0. The quantitative estimate of drug-likeness (QED) is 0.686. The summed E-state index contributed by atoms with van der Waals surface area (Å²) in [7, 11) is 0. The highest BCUT2D eigenvalue weighted by Gasteiger charge is 2.18. The van der Waals surface area contributed by atoms with Crippen LogP contribution in [-0.4, -0.2) is 22.0 Å². The highest BCUT2D eigenvalue weighted by atomic mass is 16.5. The maximum Gasteiger partial charge on any atom is 0.363 e. The van der Waals surface area contributed by atoms with Crippen LogP contribution in [0.2, 0.25) is 0 Å². The lowest BCUT2D eigenvalue weighted by atomic mass is 10.3. The molecule has 0 saturated heterocycles. The Hall–Kier alpha value is -1.65. The van der Waals surface area contributed by atoms with E-state index in [0.29, 0.717) is 6.42 Å². The van der Waals surface area contributed by atoms with E-state index in [9.17, 15) is 9.90 Å². The Labute approximate surface area is 81.8 Å². The first-order valence-electron chi connectivity index (χ1n) is 4.34. The van der Waals surface area contributed by atoms with Gasteiger partial charge >= 0.3 is 11.8 Å². The summed E-state index contributed by atoms with van der Waals surface area (Å²) in [6.07, 6.45) is 3.00. The van der Waals surface area contributed by atoms with Crippen LogP contribution in [0.4, 0.5) is 0 Å². The van der Waals surface area contributed by atoms with E-state index in [1.807, 2.05) is 6.92 Å². The number of nitrogens with zero attached hydrogens (tertiary/aromatic N) is 2. The molecule has 0 aliphatic heterocycles. The first-order valence-corrected chi connectivity index (χ1v) is 4.34. The smallest absolute Gasteiger partial charge is 0.363 e. The van der Waals surface area contributed by atoms with Crippen LogP contribution >= 0.6 is 0 Å². The second-order valence-electron chi connectivity index (χ2n) is 2.83. The van der Waals surface area contributed by atoms with Crippen molar-refractivity contribution in [1.29, 1.82) is 0 Å². The molecule has 1 atom stereocenters. The van der Waals surface area contributed by atoms with E-state index in [1.165, 1.54) is 12.4 Å². The van der Waals surface area contributed by atoms with E-state index in [1.54, 1.807) is 6.92 Å². The van der Waals surface area contributed by atoms with Crippen LogP contribution in [0.5, 0.6) is 5.88 Å².